The van der Waals surface area contributed by atoms with Gasteiger partial charge in [-0.15, -0.1) is 11.3 Å². The van der Waals surface area contributed by atoms with Crippen LogP contribution in [0.15, 0.2) is 10.3 Å². The number of hydrogen-bond acceptors (Lipinski definition) is 5. The molecule has 2 rings (SSSR count). The Balaban J connectivity index is 2.35. The second kappa shape index (κ2) is 5.14. The van der Waals surface area contributed by atoms with Gasteiger partial charge in [-0.3, -0.25) is 0 Å². The monoisotopic (exact) mass is 304 g/mol. The maximum Gasteiger partial charge on any atom is 0.242 e. The van der Waals surface area contributed by atoms with Gasteiger partial charge in [-0.2, -0.15) is 0 Å². The Morgan fingerprint density at radius 1 is 1.63 bits per heavy atom. The summed E-state index contributed by atoms with van der Waals surface area (Å²) < 4.78 is 33.4. The Morgan fingerprint density at radius 2 is 2.32 bits per heavy atom. The fourth-order valence-corrected chi connectivity index (χ4v) is 5.52. The molecule has 0 aromatic carbocycles. The third-order valence-electron chi connectivity index (χ3n) is 3.70. The van der Waals surface area contributed by atoms with Crippen molar-refractivity contribution in [2.24, 2.45) is 5.73 Å². The number of hydrogen-bond donors (Lipinski definition) is 2. The summed E-state index contributed by atoms with van der Waals surface area (Å²) in [5.41, 5.74) is 5.81. The SMILES string of the molecule is Cc1csc(CN)c1S(=O)(=O)NC1(C)CCOC1C. The van der Waals surface area contributed by atoms with Crippen LogP contribution in [0.3, 0.4) is 0 Å². The summed E-state index contributed by atoms with van der Waals surface area (Å²) in [4.78, 5) is 1.03. The van der Waals surface area contributed by atoms with Crippen LogP contribution in [-0.4, -0.2) is 26.7 Å². The van der Waals surface area contributed by atoms with Crippen LogP contribution in [0, 0.1) is 6.92 Å². The zero-order chi connectivity index (χ0) is 14.3. The molecule has 2 atom stereocenters. The minimum absolute atomic E-state index is 0.137. The molecule has 0 saturated carbocycles. The average molecular weight is 304 g/mol. The molecule has 5 nitrogen and oxygen atoms in total. The highest BCUT2D eigenvalue weighted by Crippen LogP contribution is 2.31. The number of thiophene rings is 1. The zero-order valence-corrected chi connectivity index (χ0v) is 13.0. The highest BCUT2D eigenvalue weighted by molar-refractivity contribution is 7.89. The molecule has 1 aliphatic heterocycles. The van der Waals surface area contributed by atoms with E-state index in [4.69, 9.17) is 10.5 Å². The molecule has 0 aliphatic carbocycles. The first-order valence-corrected chi connectivity index (χ1v) is 8.59. The predicted octanol–water partition coefficient (Wildman–Crippen LogP) is 1.36. The Labute approximate surface area is 118 Å². The molecule has 0 amide bonds. The molecule has 2 unspecified atom stereocenters. The van der Waals surface area contributed by atoms with Gasteiger partial charge in [0.15, 0.2) is 0 Å². The fraction of sp³-hybridized carbons (Fsp3) is 0.667. The number of rotatable bonds is 4. The van der Waals surface area contributed by atoms with Gasteiger partial charge >= 0.3 is 0 Å². The Morgan fingerprint density at radius 3 is 2.84 bits per heavy atom. The van der Waals surface area contributed by atoms with Gasteiger partial charge in [0, 0.05) is 18.0 Å². The molecule has 7 heteroatoms. The molecule has 1 fully saturated rings. The van der Waals surface area contributed by atoms with Crippen LogP contribution in [0.5, 0.6) is 0 Å². The molecule has 1 aromatic heterocycles. The van der Waals surface area contributed by atoms with E-state index in [0.29, 0.717) is 22.8 Å². The second-order valence-electron chi connectivity index (χ2n) is 5.16. The number of ether oxygens (including phenoxy) is 1. The van der Waals surface area contributed by atoms with E-state index in [9.17, 15) is 8.42 Å². The minimum atomic E-state index is -3.56. The van der Waals surface area contributed by atoms with Crippen LogP contribution in [0.25, 0.3) is 0 Å². The molecule has 0 radical (unpaired) electrons. The van der Waals surface area contributed by atoms with Crippen molar-refractivity contribution < 1.29 is 13.2 Å². The molecule has 19 heavy (non-hydrogen) atoms. The van der Waals surface area contributed by atoms with Gasteiger partial charge in [0.25, 0.3) is 0 Å². The molecule has 2 heterocycles. The summed E-state index contributed by atoms with van der Waals surface area (Å²) in [7, 11) is -3.56. The number of nitrogens with two attached hydrogens (primary N) is 1. The van der Waals surface area contributed by atoms with Gasteiger partial charge in [0.1, 0.15) is 4.90 Å². The number of nitrogens with one attached hydrogen (secondary N) is 1. The number of aryl methyl sites for hydroxylation is 1. The van der Waals surface area contributed by atoms with E-state index in [1.54, 1.807) is 6.92 Å². The lowest BCUT2D eigenvalue weighted by Crippen LogP contribution is -2.50. The molecule has 1 aliphatic rings. The normalized spacial score (nSPS) is 27.9. The zero-order valence-electron chi connectivity index (χ0n) is 11.4. The van der Waals surface area contributed by atoms with Crippen molar-refractivity contribution in [3.05, 3.63) is 15.8 Å². The first-order chi connectivity index (χ1) is 8.80. The predicted molar refractivity (Wildman–Crippen MR) is 75.7 cm³/mol. The Kier molecular flexibility index (Phi) is 4.04. The van der Waals surface area contributed by atoms with Crippen LogP contribution in [0.4, 0.5) is 0 Å². The molecule has 0 bridgehead atoms. The van der Waals surface area contributed by atoms with Gasteiger partial charge in [-0.1, -0.05) is 0 Å². The smallest absolute Gasteiger partial charge is 0.242 e. The third-order valence-corrected chi connectivity index (χ3v) is 6.79. The average Bonchev–Trinajstić information content (AvgIpc) is 2.83. The first-order valence-electron chi connectivity index (χ1n) is 6.23. The highest BCUT2D eigenvalue weighted by atomic mass is 32.2. The maximum absolute atomic E-state index is 12.6. The summed E-state index contributed by atoms with van der Waals surface area (Å²) >= 11 is 1.39. The highest BCUT2D eigenvalue weighted by Gasteiger charge is 2.41. The Hall–Kier alpha value is -0.470. The summed E-state index contributed by atoms with van der Waals surface area (Å²) in [5, 5.41) is 1.83. The summed E-state index contributed by atoms with van der Waals surface area (Å²) in [6, 6.07) is 0. The third kappa shape index (κ3) is 2.71. The molecular formula is C12H20N2O3S2. The van der Waals surface area contributed by atoms with Gasteiger partial charge in [-0.05, 0) is 38.1 Å². The first kappa shape index (κ1) is 14.9. The number of sulfonamides is 1. The van der Waals surface area contributed by atoms with E-state index < -0.39 is 15.6 Å². The van der Waals surface area contributed by atoms with E-state index in [1.807, 2.05) is 19.2 Å². The maximum atomic E-state index is 12.6. The second-order valence-corrected chi connectivity index (χ2v) is 7.74. The van der Waals surface area contributed by atoms with E-state index in [1.165, 1.54) is 11.3 Å². The van der Waals surface area contributed by atoms with Crippen molar-refractivity contribution in [1.82, 2.24) is 4.72 Å². The van der Waals surface area contributed by atoms with E-state index in [0.717, 1.165) is 5.56 Å². The van der Waals surface area contributed by atoms with Crippen molar-refractivity contribution >= 4 is 21.4 Å². The van der Waals surface area contributed by atoms with Gasteiger partial charge in [0.2, 0.25) is 10.0 Å². The van der Waals surface area contributed by atoms with Gasteiger partial charge < -0.3 is 10.5 Å². The van der Waals surface area contributed by atoms with E-state index in [2.05, 4.69) is 4.72 Å². The van der Waals surface area contributed by atoms with Crippen molar-refractivity contribution in [2.75, 3.05) is 6.61 Å². The largest absolute Gasteiger partial charge is 0.376 e. The van der Waals surface area contributed by atoms with E-state index >= 15 is 0 Å². The quantitative estimate of drug-likeness (QED) is 0.880. The van der Waals surface area contributed by atoms with Crippen LogP contribution in [0.2, 0.25) is 0 Å². The van der Waals surface area contributed by atoms with Crippen molar-refractivity contribution in [3.8, 4) is 0 Å². The molecule has 1 aromatic rings. The fourth-order valence-electron chi connectivity index (χ4n) is 2.32. The molecule has 0 spiro atoms. The summed E-state index contributed by atoms with van der Waals surface area (Å²) in [5.74, 6) is 0. The lowest BCUT2D eigenvalue weighted by Gasteiger charge is -2.28. The summed E-state index contributed by atoms with van der Waals surface area (Å²) in [6.07, 6.45) is 0.539. The Bertz CT molecular complexity index is 568. The van der Waals surface area contributed by atoms with Crippen LogP contribution in [-0.2, 0) is 21.3 Å². The van der Waals surface area contributed by atoms with Crippen molar-refractivity contribution in [1.29, 1.82) is 0 Å². The van der Waals surface area contributed by atoms with Crippen LogP contribution < -0.4 is 10.5 Å². The minimum Gasteiger partial charge on any atom is -0.376 e. The lowest BCUT2D eigenvalue weighted by molar-refractivity contribution is 0.0957. The van der Waals surface area contributed by atoms with Crippen LogP contribution >= 0.6 is 11.3 Å². The topological polar surface area (TPSA) is 81.4 Å². The van der Waals surface area contributed by atoms with Gasteiger partial charge in [-0.25, -0.2) is 13.1 Å². The van der Waals surface area contributed by atoms with Crippen molar-refractivity contribution in [3.63, 3.8) is 0 Å². The molecule has 108 valence electrons. The lowest BCUT2D eigenvalue weighted by atomic mass is 9.97. The molecular weight excluding hydrogens is 284 g/mol. The van der Waals surface area contributed by atoms with Crippen LogP contribution in [0.1, 0.15) is 30.7 Å². The molecule has 3 N–H and O–H groups in total. The van der Waals surface area contributed by atoms with E-state index in [-0.39, 0.29) is 12.6 Å². The van der Waals surface area contributed by atoms with Gasteiger partial charge in [0.05, 0.1) is 11.6 Å². The molecule has 1 saturated heterocycles. The van der Waals surface area contributed by atoms with Crippen molar-refractivity contribution in [2.45, 2.75) is 50.3 Å². The standard InChI is InChI=1S/C12H20N2O3S2/c1-8-7-18-10(6-13)11(8)19(15,16)14-12(3)4-5-17-9(12)2/h7,9,14H,4-6,13H2,1-3H3. The summed E-state index contributed by atoms with van der Waals surface area (Å²) in [6.45, 7) is 6.37.